The highest BCUT2D eigenvalue weighted by molar-refractivity contribution is 5.86. The minimum atomic E-state index is 0.283. The Labute approximate surface area is 308 Å². The van der Waals surface area contributed by atoms with E-state index in [9.17, 15) is 0 Å². The van der Waals surface area contributed by atoms with Crippen molar-refractivity contribution in [3.8, 4) is 23.0 Å². The summed E-state index contributed by atoms with van der Waals surface area (Å²) in [5, 5.41) is 16.2. The van der Waals surface area contributed by atoms with Gasteiger partial charge in [-0.1, -0.05) is 0 Å². The molecule has 2 aromatic carbocycles. The highest BCUT2D eigenvalue weighted by Crippen LogP contribution is 2.37. The second-order valence-corrected chi connectivity index (χ2v) is 14.2. The van der Waals surface area contributed by atoms with E-state index in [1.54, 1.807) is 0 Å². The van der Waals surface area contributed by atoms with E-state index >= 15 is 0 Å². The molecule has 0 radical (unpaired) electrons. The maximum Gasteiger partial charge on any atom is 0.231 e. The van der Waals surface area contributed by atoms with Crippen LogP contribution in [0.25, 0.3) is 22.1 Å². The molecule has 6 aromatic rings. The third-order valence-corrected chi connectivity index (χ3v) is 11.2. The summed E-state index contributed by atoms with van der Waals surface area (Å²) in [6, 6.07) is 21.3. The Bertz CT molecular complexity index is 2330. The van der Waals surface area contributed by atoms with Crippen LogP contribution in [0.15, 0.2) is 60.7 Å². The SMILES string of the molecule is CNC1CCc2c(c3ccc(Nc4ccc5c(c4)OCCO5)nc3n2C)C1.CNC1CCc2c(c3ccc(Nc4ccc5c(c4)OCO5)nc3n2C)C1. The van der Waals surface area contributed by atoms with Crippen molar-refractivity contribution in [2.24, 2.45) is 14.1 Å². The summed E-state index contributed by atoms with van der Waals surface area (Å²) < 4.78 is 26.6. The van der Waals surface area contributed by atoms with E-state index in [0.717, 1.165) is 83.0 Å². The second-order valence-electron chi connectivity index (χ2n) is 14.2. The van der Waals surface area contributed by atoms with Crippen LogP contribution in [0.2, 0.25) is 0 Å². The van der Waals surface area contributed by atoms with Crippen molar-refractivity contribution in [3.05, 3.63) is 83.2 Å². The number of rotatable bonds is 6. The molecule has 2 unspecified atom stereocenters. The Balaban J connectivity index is 0.000000141. The van der Waals surface area contributed by atoms with E-state index < -0.39 is 0 Å². The first-order valence-corrected chi connectivity index (χ1v) is 18.6. The maximum absolute atomic E-state index is 5.67. The number of aromatic nitrogens is 4. The first kappa shape index (κ1) is 33.4. The molecule has 274 valence electrons. The summed E-state index contributed by atoms with van der Waals surface area (Å²) in [6.07, 6.45) is 6.68. The number of hydrogen-bond acceptors (Lipinski definition) is 10. The summed E-state index contributed by atoms with van der Waals surface area (Å²) >= 11 is 0. The minimum absolute atomic E-state index is 0.283. The molecule has 0 saturated heterocycles. The van der Waals surface area contributed by atoms with Crippen molar-refractivity contribution in [1.82, 2.24) is 29.7 Å². The molecule has 53 heavy (non-hydrogen) atoms. The molecule has 2 aliphatic carbocycles. The Morgan fingerprint density at radius 1 is 0.585 bits per heavy atom. The van der Waals surface area contributed by atoms with Gasteiger partial charge in [0.1, 0.15) is 36.1 Å². The quantitative estimate of drug-likeness (QED) is 0.157. The fourth-order valence-electron chi connectivity index (χ4n) is 8.29. The standard InChI is InChI=1S/C21H24N4O2.C20H22N4O2/c1-22-13-3-6-17-16(11-13)15-5-8-20(24-21(15)25(17)2)23-14-4-7-18-19(12-14)27-10-9-26-18;1-21-12-3-6-16-15(9-12)14-5-8-19(23-20(14)24(16)2)22-13-4-7-17-18(10-13)26-11-25-17/h4-5,7-8,12-13,22H,3,6,9-11H2,1-2H3,(H,23,24);4-5,7-8,10,12,21H,3,6,9,11H2,1-2H3,(H,22,23). The van der Waals surface area contributed by atoms with E-state index in [2.05, 4.69) is 75.8 Å². The Kier molecular flexibility index (Phi) is 8.71. The van der Waals surface area contributed by atoms with Gasteiger partial charge in [-0.05, 0) is 112 Å². The van der Waals surface area contributed by atoms with Gasteiger partial charge in [0, 0.05) is 71.8 Å². The molecule has 12 heteroatoms. The molecule has 12 nitrogen and oxygen atoms in total. The van der Waals surface area contributed by atoms with Crippen molar-refractivity contribution >= 4 is 45.1 Å². The van der Waals surface area contributed by atoms with Gasteiger partial charge in [0.15, 0.2) is 23.0 Å². The van der Waals surface area contributed by atoms with Crippen LogP contribution < -0.4 is 40.2 Å². The van der Waals surface area contributed by atoms with Gasteiger partial charge >= 0.3 is 0 Å². The van der Waals surface area contributed by atoms with Crippen molar-refractivity contribution in [3.63, 3.8) is 0 Å². The van der Waals surface area contributed by atoms with Gasteiger partial charge in [0.05, 0.1) is 0 Å². The highest BCUT2D eigenvalue weighted by Gasteiger charge is 2.26. The largest absolute Gasteiger partial charge is 0.486 e. The van der Waals surface area contributed by atoms with Crippen molar-refractivity contribution in [1.29, 1.82) is 0 Å². The van der Waals surface area contributed by atoms with Gasteiger partial charge in [-0.3, -0.25) is 0 Å². The van der Waals surface area contributed by atoms with Crippen molar-refractivity contribution < 1.29 is 18.9 Å². The van der Waals surface area contributed by atoms with Gasteiger partial charge in [-0.25, -0.2) is 9.97 Å². The average Bonchev–Trinajstić information content (AvgIpc) is 3.86. The number of nitrogens with zero attached hydrogens (tertiary/aromatic N) is 4. The van der Waals surface area contributed by atoms with Crippen LogP contribution >= 0.6 is 0 Å². The lowest BCUT2D eigenvalue weighted by Gasteiger charge is -2.22. The minimum Gasteiger partial charge on any atom is -0.486 e. The summed E-state index contributed by atoms with van der Waals surface area (Å²) in [6.45, 7) is 1.47. The van der Waals surface area contributed by atoms with Crippen LogP contribution in [-0.4, -0.2) is 65.3 Å². The molecule has 2 atom stereocenters. The summed E-state index contributed by atoms with van der Waals surface area (Å²) in [4.78, 5) is 9.78. The number of likely N-dealkylation sites (N-methyl/N-ethyl adjacent to an activating group) is 2. The summed E-state index contributed by atoms with van der Waals surface area (Å²) in [5.41, 5.74) is 9.68. The summed E-state index contributed by atoms with van der Waals surface area (Å²) in [5.74, 6) is 4.79. The third kappa shape index (κ3) is 6.25. The lowest BCUT2D eigenvalue weighted by molar-refractivity contribution is 0.171. The van der Waals surface area contributed by atoms with Gasteiger partial charge < -0.3 is 49.3 Å². The average molecular weight is 715 g/mol. The third-order valence-electron chi connectivity index (χ3n) is 11.2. The molecule has 4 aliphatic rings. The number of fused-ring (bicyclic) bond motifs is 8. The number of aryl methyl sites for hydroxylation is 2. The lowest BCUT2D eigenvalue weighted by Crippen LogP contribution is -2.31. The molecule has 0 saturated carbocycles. The van der Waals surface area contributed by atoms with E-state index in [0.29, 0.717) is 25.3 Å². The van der Waals surface area contributed by atoms with E-state index in [1.165, 1.54) is 46.1 Å². The first-order valence-electron chi connectivity index (χ1n) is 18.6. The highest BCUT2D eigenvalue weighted by atomic mass is 16.7. The Morgan fingerprint density at radius 2 is 1.06 bits per heavy atom. The zero-order valence-corrected chi connectivity index (χ0v) is 30.7. The molecule has 4 N–H and O–H groups in total. The number of pyridine rings is 2. The molecule has 10 rings (SSSR count). The molecule has 0 bridgehead atoms. The predicted molar refractivity (Wildman–Crippen MR) is 208 cm³/mol. The second kappa shape index (κ2) is 13.8. The zero-order valence-electron chi connectivity index (χ0n) is 30.7. The van der Waals surface area contributed by atoms with Crippen LogP contribution in [0.5, 0.6) is 23.0 Å². The molecule has 6 heterocycles. The van der Waals surface area contributed by atoms with Crippen LogP contribution in [0.3, 0.4) is 0 Å². The number of anilines is 4. The number of ether oxygens (including phenoxy) is 4. The molecule has 0 amide bonds. The number of benzene rings is 2. The molecular formula is C41H46N8O4. The Hall–Kier alpha value is -5.46. The van der Waals surface area contributed by atoms with Gasteiger partial charge in [-0.15, -0.1) is 0 Å². The van der Waals surface area contributed by atoms with Gasteiger partial charge in [-0.2, -0.15) is 0 Å². The van der Waals surface area contributed by atoms with Crippen LogP contribution in [0.1, 0.15) is 35.4 Å². The van der Waals surface area contributed by atoms with E-state index in [4.69, 9.17) is 28.9 Å². The van der Waals surface area contributed by atoms with Gasteiger partial charge in [0.2, 0.25) is 6.79 Å². The smallest absolute Gasteiger partial charge is 0.231 e. The molecule has 4 aromatic heterocycles. The van der Waals surface area contributed by atoms with E-state index in [1.807, 2.05) is 43.4 Å². The van der Waals surface area contributed by atoms with Crippen LogP contribution in [0.4, 0.5) is 23.0 Å². The maximum atomic E-state index is 5.67. The number of nitrogens with one attached hydrogen (secondary N) is 4. The number of hydrogen-bond donors (Lipinski definition) is 4. The Morgan fingerprint density at radius 3 is 1.58 bits per heavy atom. The monoisotopic (exact) mass is 714 g/mol. The molecular weight excluding hydrogens is 669 g/mol. The lowest BCUT2D eigenvalue weighted by atomic mass is 9.92. The van der Waals surface area contributed by atoms with Crippen molar-refractivity contribution in [2.75, 3.05) is 44.7 Å². The van der Waals surface area contributed by atoms with Crippen LogP contribution in [0, 0.1) is 0 Å². The van der Waals surface area contributed by atoms with Gasteiger partial charge in [0.25, 0.3) is 0 Å². The normalized spacial score (nSPS) is 18.3. The summed E-state index contributed by atoms with van der Waals surface area (Å²) in [7, 11) is 8.35. The van der Waals surface area contributed by atoms with Crippen molar-refractivity contribution in [2.45, 2.75) is 50.6 Å². The van der Waals surface area contributed by atoms with Crippen LogP contribution in [-0.2, 0) is 39.8 Å². The molecule has 2 aliphatic heterocycles. The molecule has 0 fully saturated rings. The predicted octanol–water partition coefficient (Wildman–Crippen LogP) is 6.29. The molecule has 0 spiro atoms. The first-order chi connectivity index (χ1) is 25.9. The van der Waals surface area contributed by atoms with E-state index in [-0.39, 0.29) is 6.79 Å². The topological polar surface area (TPSA) is 121 Å². The fraction of sp³-hybridized carbons (Fsp3) is 0.366. The zero-order chi connectivity index (χ0) is 36.1. The fourth-order valence-corrected chi connectivity index (χ4v) is 8.29.